The first kappa shape index (κ1) is 14.0. The Morgan fingerprint density at radius 1 is 1.48 bits per heavy atom. The molecule has 1 aliphatic heterocycles. The van der Waals surface area contributed by atoms with Gasteiger partial charge in [0.1, 0.15) is 5.15 Å². The van der Waals surface area contributed by atoms with Crippen LogP contribution in [0.2, 0.25) is 5.15 Å². The lowest BCUT2D eigenvalue weighted by Gasteiger charge is -2.29. The molecule has 0 radical (unpaired) electrons. The molecular formula is C12H12ClN5O2S. The molecule has 0 aliphatic carbocycles. The average molecular weight is 326 g/mol. The second-order valence-corrected chi connectivity index (χ2v) is 6.07. The van der Waals surface area contributed by atoms with Gasteiger partial charge in [-0.15, -0.1) is 0 Å². The number of hydrogen-bond acceptors (Lipinski definition) is 6. The third kappa shape index (κ3) is 2.64. The van der Waals surface area contributed by atoms with Crippen LogP contribution in [0.25, 0.3) is 0 Å². The van der Waals surface area contributed by atoms with Gasteiger partial charge in [0.05, 0.1) is 4.92 Å². The number of fused-ring (bicyclic) bond motifs is 1. The standard InChI is InChI=1S/C12H12ClN5O2S/c13-9-3-2-8(6-15-9)7-16-4-1-5-17-10(16)11(18(19)20)21-12(17)14/h2-3,6,14H,1,4-5,7H2. The van der Waals surface area contributed by atoms with E-state index >= 15 is 0 Å². The van der Waals surface area contributed by atoms with Crippen LogP contribution < -0.4 is 9.70 Å². The molecule has 0 spiro atoms. The molecule has 0 bridgehead atoms. The first-order valence-electron chi connectivity index (χ1n) is 6.34. The fourth-order valence-electron chi connectivity index (χ4n) is 2.44. The van der Waals surface area contributed by atoms with Gasteiger partial charge in [0.2, 0.25) is 5.82 Å². The number of halogens is 1. The molecule has 0 aromatic carbocycles. The second-order valence-electron chi connectivity index (χ2n) is 4.71. The van der Waals surface area contributed by atoms with E-state index < -0.39 is 4.92 Å². The van der Waals surface area contributed by atoms with E-state index in [4.69, 9.17) is 17.0 Å². The van der Waals surface area contributed by atoms with Crippen molar-refractivity contribution < 1.29 is 4.92 Å². The van der Waals surface area contributed by atoms with Crippen molar-refractivity contribution in [1.82, 2.24) is 9.55 Å². The molecule has 9 heteroatoms. The fourth-order valence-corrected chi connectivity index (χ4v) is 3.42. The zero-order chi connectivity index (χ0) is 15.0. The smallest absolute Gasteiger partial charge is 0.347 e. The van der Waals surface area contributed by atoms with Gasteiger partial charge in [0.15, 0.2) is 4.80 Å². The van der Waals surface area contributed by atoms with Crippen LogP contribution in [-0.4, -0.2) is 21.0 Å². The SMILES string of the molecule is N=c1sc([N+](=O)[O-])c2n1CCCN2Cc1ccc(Cl)nc1. The molecule has 0 saturated heterocycles. The molecule has 3 rings (SSSR count). The predicted molar refractivity (Wildman–Crippen MR) is 79.7 cm³/mol. The summed E-state index contributed by atoms with van der Waals surface area (Å²) in [6.07, 6.45) is 2.53. The van der Waals surface area contributed by atoms with E-state index in [1.165, 1.54) is 0 Å². The molecular weight excluding hydrogens is 314 g/mol. The summed E-state index contributed by atoms with van der Waals surface area (Å²) < 4.78 is 1.70. The molecule has 7 nitrogen and oxygen atoms in total. The molecule has 110 valence electrons. The number of pyridine rings is 1. The third-order valence-corrected chi connectivity index (χ3v) is 4.48. The number of aromatic nitrogens is 2. The van der Waals surface area contributed by atoms with E-state index in [1.807, 2.05) is 11.0 Å². The minimum atomic E-state index is -0.410. The Hall–Kier alpha value is -1.93. The Labute approximate surface area is 129 Å². The van der Waals surface area contributed by atoms with Crippen LogP contribution in [0.15, 0.2) is 18.3 Å². The van der Waals surface area contributed by atoms with E-state index in [0.29, 0.717) is 24.1 Å². The first-order chi connectivity index (χ1) is 10.1. The number of rotatable bonds is 3. The predicted octanol–water partition coefficient (Wildman–Crippen LogP) is 2.40. The number of nitro groups is 1. The average Bonchev–Trinajstić information content (AvgIpc) is 2.80. The van der Waals surface area contributed by atoms with E-state index in [2.05, 4.69) is 4.98 Å². The van der Waals surface area contributed by atoms with Crippen LogP contribution in [0.4, 0.5) is 10.8 Å². The lowest BCUT2D eigenvalue weighted by Crippen LogP contribution is -2.34. The van der Waals surface area contributed by atoms with Crippen molar-refractivity contribution in [3.8, 4) is 0 Å². The summed E-state index contributed by atoms with van der Waals surface area (Å²) in [7, 11) is 0. The van der Waals surface area contributed by atoms with Gasteiger partial charge in [-0.1, -0.05) is 17.7 Å². The van der Waals surface area contributed by atoms with E-state index in [9.17, 15) is 10.1 Å². The lowest BCUT2D eigenvalue weighted by atomic mass is 10.2. The van der Waals surface area contributed by atoms with Gasteiger partial charge < -0.3 is 4.90 Å². The largest absolute Gasteiger partial charge is 0.368 e. The van der Waals surface area contributed by atoms with Crippen LogP contribution in [0, 0.1) is 15.5 Å². The van der Waals surface area contributed by atoms with Crippen molar-refractivity contribution >= 4 is 33.8 Å². The fraction of sp³-hybridized carbons (Fsp3) is 0.333. The minimum Gasteiger partial charge on any atom is -0.347 e. The Morgan fingerprint density at radius 2 is 2.29 bits per heavy atom. The minimum absolute atomic E-state index is 0.0293. The molecule has 1 N–H and O–H groups in total. The van der Waals surface area contributed by atoms with Gasteiger partial charge in [0.25, 0.3) is 0 Å². The molecule has 0 saturated carbocycles. The molecule has 2 aromatic heterocycles. The lowest BCUT2D eigenvalue weighted by molar-refractivity contribution is -0.379. The molecule has 3 heterocycles. The zero-order valence-corrected chi connectivity index (χ0v) is 12.5. The van der Waals surface area contributed by atoms with Crippen molar-refractivity contribution in [2.75, 3.05) is 11.4 Å². The number of nitrogens with one attached hydrogen (secondary N) is 1. The molecule has 0 atom stereocenters. The van der Waals surface area contributed by atoms with E-state index in [-0.39, 0.29) is 9.80 Å². The van der Waals surface area contributed by atoms with Crippen LogP contribution in [-0.2, 0) is 13.1 Å². The Bertz CT molecular complexity index is 739. The third-order valence-electron chi connectivity index (χ3n) is 3.32. The number of nitrogens with zero attached hydrogens (tertiary/aromatic N) is 4. The normalized spacial score (nSPS) is 14.0. The highest BCUT2D eigenvalue weighted by molar-refractivity contribution is 7.13. The van der Waals surface area contributed by atoms with E-state index in [1.54, 1.807) is 16.8 Å². The summed E-state index contributed by atoms with van der Waals surface area (Å²) in [6, 6.07) is 3.56. The zero-order valence-electron chi connectivity index (χ0n) is 11.0. The van der Waals surface area contributed by atoms with Crippen LogP contribution >= 0.6 is 22.9 Å². The maximum absolute atomic E-state index is 11.2. The highest BCUT2D eigenvalue weighted by Gasteiger charge is 2.30. The summed E-state index contributed by atoms with van der Waals surface area (Å²) in [4.78, 5) is 17.0. The Morgan fingerprint density at radius 3 is 2.95 bits per heavy atom. The molecule has 0 unspecified atom stereocenters. The summed E-state index contributed by atoms with van der Waals surface area (Å²) >= 11 is 6.67. The topological polar surface area (TPSA) is 88.0 Å². The maximum atomic E-state index is 11.2. The van der Waals surface area contributed by atoms with Crippen LogP contribution in [0.3, 0.4) is 0 Å². The van der Waals surface area contributed by atoms with Gasteiger partial charge in [-0.05, 0) is 29.4 Å². The maximum Gasteiger partial charge on any atom is 0.368 e. The van der Waals surface area contributed by atoms with Gasteiger partial charge in [-0.3, -0.25) is 20.1 Å². The van der Waals surface area contributed by atoms with Gasteiger partial charge in [0, 0.05) is 25.8 Å². The van der Waals surface area contributed by atoms with Crippen molar-refractivity contribution in [1.29, 1.82) is 5.41 Å². The van der Waals surface area contributed by atoms with E-state index in [0.717, 1.165) is 29.9 Å². The molecule has 21 heavy (non-hydrogen) atoms. The van der Waals surface area contributed by atoms with Gasteiger partial charge >= 0.3 is 5.00 Å². The molecule has 0 amide bonds. The Kier molecular flexibility index (Phi) is 3.64. The summed E-state index contributed by atoms with van der Waals surface area (Å²) in [6.45, 7) is 1.88. The van der Waals surface area contributed by atoms with Crippen LogP contribution in [0.1, 0.15) is 12.0 Å². The Balaban J connectivity index is 1.98. The molecule has 0 fully saturated rings. The van der Waals surface area contributed by atoms with Crippen molar-refractivity contribution in [2.45, 2.75) is 19.5 Å². The molecule has 2 aromatic rings. The van der Waals surface area contributed by atoms with Crippen molar-refractivity contribution in [3.63, 3.8) is 0 Å². The molecule has 1 aliphatic rings. The number of anilines is 1. The highest BCUT2D eigenvalue weighted by Crippen LogP contribution is 2.34. The first-order valence-corrected chi connectivity index (χ1v) is 7.53. The van der Waals surface area contributed by atoms with Gasteiger partial charge in [-0.25, -0.2) is 4.98 Å². The van der Waals surface area contributed by atoms with Crippen molar-refractivity contribution in [2.24, 2.45) is 0 Å². The number of thiazole rings is 1. The van der Waals surface area contributed by atoms with Crippen LogP contribution in [0.5, 0.6) is 0 Å². The van der Waals surface area contributed by atoms with Crippen molar-refractivity contribution in [3.05, 3.63) is 44.0 Å². The summed E-state index contributed by atoms with van der Waals surface area (Å²) in [5.41, 5.74) is 0.930. The summed E-state index contributed by atoms with van der Waals surface area (Å²) in [5, 5.41) is 19.5. The second kappa shape index (κ2) is 5.45. The number of hydrogen-bond donors (Lipinski definition) is 1. The summed E-state index contributed by atoms with van der Waals surface area (Å²) in [5.74, 6) is 0.524. The highest BCUT2D eigenvalue weighted by atomic mass is 35.5. The van der Waals surface area contributed by atoms with Gasteiger partial charge in [-0.2, -0.15) is 0 Å². The quantitative estimate of drug-likeness (QED) is 0.533. The monoisotopic (exact) mass is 325 g/mol.